The van der Waals surface area contributed by atoms with Gasteiger partial charge in [-0.3, -0.25) is 9.59 Å². The maximum atomic E-state index is 11.4. The fourth-order valence-corrected chi connectivity index (χ4v) is 1.62. The van der Waals surface area contributed by atoms with Crippen LogP contribution in [0.15, 0.2) is 0 Å². The summed E-state index contributed by atoms with van der Waals surface area (Å²) in [6.45, 7) is 6.71. The van der Waals surface area contributed by atoms with Gasteiger partial charge >= 0.3 is 5.97 Å². The molecule has 1 amide bonds. The second kappa shape index (κ2) is 11.3. The molecule has 0 aliphatic rings. The molecule has 18 heavy (non-hydrogen) atoms. The Morgan fingerprint density at radius 2 is 1.94 bits per heavy atom. The third kappa shape index (κ3) is 11.7. The van der Waals surface area contributed by atoms with Gasteiger partial charge in [0.15, 0.2) is 0 Å². The lowest BCUT2D eigenvalue weighted by atomic mass is 9.94. The maximum absolute atomic E-state index is 11.4. The van der Waals surface area contributed by atoms with Crippen LogP contribution < -0.4 is 11.1 Å². The molecular weight excluding hydrogens is 256 g/mol. The van der Waals surface area contributed by atoms with Gasteiger partial charge in [-0.1, -0.05) is 13.8 Å². The average Bonchev–Trinajstić information content (AvgIpc) is 2.22. The van der Waals surface area contributed by atoms with Gasteiger partial charge in [-0.05, 0) is 24.8 Å². The van der Waals surface area contributed by atoms with Crippen molar-refractivity contribution in [3.05, 3.63) is 0 Å². The number of hydrogen-bond donors (Lipinski definition) is 2. The molecule has 5 nitrogen and oxygen atoms in total. The summed E-state index contributed by atoms with van der Waals surface area (Å²) in [7, 11) is 0. The van der Waals surface area contributed by atoms with Gasteiger partial charge < -0.3 is 15.8 Å². The molecule has 0 radical (unpaired) electrons. The summed E-state index contributed by atoms with van der Waals surface area (Å²) in [5, 5.41) is 2.56. The Labute approximate surface area is 115 Å². The van der Waals surface area contributed by atoms with E-state index in [0.29, 0.717) is 25.4 Å². The highest BCUT2D eigenvalue weighted by molar-refractivity contribution is 5.85. The smallest absolute Gasteiger partial charge is 0.306 e. The molecule has 0 rings (SSSR count). The zero-order valence-electron chi connectivity index (χ0n) is 11.4. The van der Waals surface area contributed by atoms with Gasteiger partial charge in [0.25, 0.3) is 0 Å². The van der Waals surface area contributed by atoms with Crippen molar-refractivity contribution in [3.63, 3.8) is 0 Å². The molecule has 0 aromatic carbocycles. The topological polar surface area (TPSA) is 81.4 Å². The molecule has 0 fully saturated rings. The first-order chi connectivity index (χ1) is 7.95. The van der Waals surface area contributed by atoms with E-state index >= 15 is 0 Å². The Bertz CT molecular complexity index is 247. The number of nitrogens with two attached hydrogens (primary N) is 1. The second-order valence-electron chi connectivity index (χ2n) is 4.64. The summed E-state index contributed by atoms with van der Waals surface area (Å²) < 4.78 is 5.00. The van der Waals surface area contributed by atoms with Gasteiger partial charge in [0.2, 0.25) is 5.91 Å². The van der Waals surface area contributed by atoms with Crippen molar-refractivity contribution in [2.24, 2.45) is 17.6 Å². The van der Waals surface area contributed by atoms with Crippen LogP contribution in [0.5, 0.6) is 0 Å². The maximum Gasteiger partial charge on any atom is 0.306 e. The summed E-state index contributed by atoms with van der Waals surface area (Å²) in [6.07, 6.45) is 1.28. The van der Waals surface area contributed by atoms with E-state index in [-0.39, 0.29) is 36.8 Å². The van der Waals surface area contributed by atoms with Crippen LogP contribution in [0.4, 0.5) is 0 Å². The summed E-state index contributed by atoms with van der Waals surface area (Å²) in [4.78, 5) is 22.0. The van der Waals surface area contributed by atoms with E-state index < -0.39 is 0 Å². The highest BCUT2D eigenvalue weighted by Crippen LogP contribution is 2.14. The van der Waals surface area contributed by atoms with Crippen LogP contribution in [-0.4, -0.2) is 31.6 Å². The Morgan fingerprint density at radius 1 is 1.33 bits per heavy atom. The number of esters is 1. The third-order valence-electron chi connectivity index (χ3n) is 2.33. The first kappa shape index (κ1) is 19.5. The van der Waals surface area contributed by atoms with E-state index in [1.807, 2.05) is 0 Å². The number of rotatable bonds is 8. The normalized spacial score (nSPS) is 11.6. The Balaban J connectivity index is 0. The summed E-state index contributed by atoms with van der Waals surface area (Å²) in [5.41, 5.74) is 5.60. The molecule has 0 unspecified atom stereocenters. The molecule has 0 saturated carbocycles. The molecule has 0 heterocycles. The van der Waals surface area contributed by atoms with Gasteiger partial charge in [0, 0.05) is 13.3 Å². The summed E-state index contributed by atoms with van der Waals surface area (Å²) in [6, 6.07) is 0. The molecule has 0 aromatic heterocycles. The van der Waals surface area contributed by atoms with E-state index in [1.165, 1.54) is 6.92 Å². The van der Waals surface area contributed by atoms with Gasteiger partial charge in [-0.25, -0.2) is 0 Å². The van der Waals surface area contributed by atoms with E-state index in [4.69, 9.17) is 10.5 Å². The third-order valence-corrected chi connectivity index (χ3v) is 2.33. The van der Waals surface area contributed by atoms with Gasteiger partial charge in [-0.15, -0.1) is 12.4 Å². The Kier molecular flexibility index (Phi) is 12.2. The highest BCUT2D eigenvalue weighted by atomic mass is 35.5. The minimum absolute atomic E-state index is 0. The van der Waals surface area contributed by atoms with Gasteiger partial charge in [-0.2, -0.15) is 0 Å². The molecule has 0 aliphatic heterocycles. The highest BCUT2D eigenvalue weighted by Gasteiger charge is 2.14. The fraction of sp³-hybridized carbons (Fsp3) is 0.833. The minimum atomic E-state index is -0.244. The number of carbonyl (C=O) groups excluding carboxylic acids is 2. The Hall–Kier alpha value is -0.810. The average molecular weight is 281 g/mol. The van der Waals surface area contributed by atoms with Crippen molar-refractivity contribution in [2.75, 3.05) is 19.7 Å². The van der Waals surface area contributed by atoms with Crippen molar-refractivity contribution >= 4 is 24.3 Å². The lowest BCUT2D eigenvalue weighted by Crippen LogP contribution is -2.27. The van der Waals surface area contributed by atoms with Gasteiger partial charge in [0.05, 0.1) is 6.54 Å². The van der Waals surface area contributed by atoms with Crippen LogP contribution in [0.3, 0.4) is 0 Å². The molecular formula is C12H25ClN2O3. The van der Waals surface area contributed by atoms with E-state index in [9.17, 15) is 9.59 Å². The molecule has 0 aromatic rings. The molecule has 1 atom stereocenters. The minimum Gasteiger partial charge on any atom is -0.464 e. The predicted molar refractivity (Wildman–Crippen MR) is 73.5 cm³/mol. The van der Waals surface area contributed by atoms with Crippen molar-refractivity contribution in [1.82, 2.24) is 5.32 Å². The number of ether oxygens (including phenoxy) is 1. The van der Waals surface area contributed by atoms with E-state index in [2.05, 4.69) is 19.2 Å². The first-order valence-electron chi connectivity index (χ1n) is 6.05. The van der Waals surface area contributed by atoms with E-state index in [0.717, 1.165) is 6.42 Å². The largest absolute Gasteiger partial charge is 0.464 e. The van der Waals surface area contributed by atoms with Crippen molar-refractivity contribution in [3.8, 4) is 0 Å². The standard InChI is InChI=1S/C12H24N2O3.ClH/c1-9(2)6-11(8-13)7-12(16)17-5-4-14-10(3)15;/h9,11H,4-8,13H2,1-3H3,(H,14,15);1H/t11-;/m0./s1. The van der Waals surface area contributed by atoms with Crippen LogP contribution >= 0.6 is 12.4 Å². The molecule has 0 bridgehead atoms. The number of amides is 1. The van der Waals surface area contributed by atoms with Crippen LogP contribution in [0.25, 0.3) is 0 Å². The molecule has 6 heteroatoms. The van der Waals surface area contributed by atoms with Crippen LogP contribution in [0.1, 0.15) is 33.6 Å². The predicted octanol–water partition coefficient (Wildman–Crippen LogP) is 1.10. The molecule has 0 spiro atoms. The number of hydrogen-bond acceptors (Lipinski definition) is 4. The van der Waals surface area contributed by atoms with Crippen LogP contribution in [-0.2, 0) is 14.3 Å². The number of nitrogens with one attached hydrogen (secondary N) is 1. The zero-order chi connectivity index (χ0) is 13.3. The molecule has 3 N–H and O–H groups in total. The van der Waals surface area contributed by atoms with Crippen molar-refractivity contribution < 1.29 is 14.3 Å². The monoisotopic (exact) mass is 280 g/mol. The summed E-state index contributed by atoms with van der Waals surface area (Å²) >= 11 is 0. The van der Waals surface area contributed by atoms with Crippen LogP contribution in [0, 0.1) is 11.8 Å². The number of halogens is 1. The molecule has 108 valence electrons. The van der Waals surface area contributed by atoms with Crippen molar-refractivity contribution in [2.45, 2.75) is 33.6 Å². The lowest BCUT2D eigenvalue weighted by Gasteiger charge is -2.16. The zero-order valence-corrected chi connectivity index (χ0v) is 12.2. The van der Waals surface area contributed by atoms with Gasteiger partial charge in [0.1, 0.15) is 6.61 Å². The summed E-state index contributed by atoms with van der Waals surface area (Å²) in [5.74, 6) is 0.339. The lowest BCUT2D eigenvalue weighted by molar-refractivity contribution is -0.145. The van der Waals surface area contributed by atoms with E-state index in [1.54, 1.807) is 0 Å². The first-order valence-corrected chi connectivity index (χ1v) is 6.05. The Morgan fingerprint density at radius 3 is 2.39 bits per heavy atom. The quantitative estimate of drug-likeness (QED) is 0.515. The second-order valence-corrected chi connectivity index (χ2v) is 4.64. The van der Waals surface area contributed by atoms with Crippen molar-refractivity contribution in [1.29, 1.82) is 0 Å². The molecule has 0 saturated heterocycles. The number of carbonyl (C=O) groups is 2. The SMILES string of the molecule is CC(=O)NCCOC(=O)C[C@@H](CN)CC(C)C.Cl. The van der Waals surface area contributed by atoms with Crippen LogP contribution in [0.2, 0.25) is 0 Å². The molecule has 0 aliphatic carbocycles. The fourth-order valence-electron chi connectivity index (χ4n) is 1.62.